The summed E-state index contributed by atoms with van der Waals surface area (Å²) in [5, 5.41) is 24.6. The van der Waals surface area contributed by atoms with Gasteiger partial charge in [0, 0.05) is 106 Å². The van der Waals surface area contributed by atoms with Crippen molar-refractivity contribution < 1.29 is 87.0 Å². The first-order chi connectivity index (χ1) is 59.0. The van der Waals surface area contributed by atoms with Crippen molar-refractivity contribution in [1.29, 1.82) is 0 Å². The van der Waals surface area contributed by atoms with Gasteiger partial charge in [-0.2, -0.15) is 0 Å². The van der Waals surface area contributed by atoms with Crippen LogP contribution in [0.2, 0.25) is 15.1 Å². The van der Waals surface area contributed by atoms with Crippen LogP contribution in [0.3, 0.4) is 0 Å². The molecule has 9 atom stereocenters. The van der Waals surface area contributed by atoms with Gasteiger partial charge in [0.15, 0.2) is 0 Å². The molecule has 3 aliphatic heterocycles. The molecule has 0 bridgehead atoms. The van der Waals surface area contributed by atoms with Crippen molar-refractivity contribution in [2.75, 3.05) is 144 Å². The average Bonchev–Trinajstić information content (AvgIpc) is 0.825. The summed E-state index contributed by atoms with van der Waals surface area (Å²) in [6.07, 6.45) is 2.45. The molecule has 9 rings (SSSR count). The quantitative estimate of drug-likeness (QED) is 0.00776. The van der Waals surface area contributed by atoms with Crippen molar-refractivity contribution in [2.24, 2.45) is 29.2 Å². The second-order valence-corrected chi connectivity index (χ2v) is 31.8. The highest BCUT2D eigenvalue weighted by Crippen LogP contribution is 2.37. The summed E-state index contributed by atoms with van der Waals surface area (Å²) < 4.78 is 66.1. The zero-order valence-corrected chi connectivity index (χ0v) is 75.8. The minimum absolute atomic E-state index is 0.00630. The summed E-state index contributed by atoms with van der Waals surface area (Å²) in [6.45, 7) is 18.5. The molecule has 0 saturated carbocycles. The van der Waals surface area contributed by atoms with Gasteiger partial charge in [-0.05, 0) is 181 Å². The molecule has 3 saturated heterocycles. The van der Waals surface area contributed by atoms with Crippen LogP contribution in [-0.2, 0) is 37.9 Å². The normalized spacial score (nSPS) is 16.5. The van der Waals surface area contributed by atoms with Crippen LogP contribution in [0.15, 0.2) is 164 Å². The molecule has 3 fully saturated rings. The number of likely N-dealkylation sites (tertiary alicyclic amines) is 2. The Bertz CT molecular complexity index is 4010. The molecule has 34 heteroatoms. The Balaban J connectivity index is 0.000000302. The zero-order valence-electron chi connectivity index (χ0n) is 72.4. The Labute approximate surface area is 748 Å². The van der Waals surface area contributed by atoms with E-state index in [9.17, 15) is 33.6 Å². The summed E-state index contributed by atoms with van der Waals surface area (Å²) in [6, 6.07) is 49.3. The molecule has 3 heterocycles. The number of hydrogen-bond acceptors (Lipinski definition) is 21. The summed E-state index contributed by atoms with van der Waals surface area (Å²) in [7, 11) is 3.97. The molecule has 0 aliphatic carbocycles. The number of nitrogens with two attached hydrogens (primary N) is 2. The Kier molecular flexibility index (Phi) is 48.5. The van der Waals surface area contributed by atoms with Gasteiger partial charge >= 0.3 is 42.5 Å². The topological polar surface area (TPSA) is 376 Å². The number of amides is 9. The van der Waals surface area contributed by atoms with Crippen molar-refractivity contribution in [3.05, 3.63) is 196 Å². The minimum Gasteiger partial charge on any atom is -0.492 e. The van der Waals surface area contributed by atoms with Crippen LogP contribution in [0.25, 0.3) is 0 Å². The molecule has 0 unspecified atom stereocenters. The molecule has 30 nitrogen and oxygen atoms in total. The SMILES string of the molecule is CC(C)(C)OC(=O)N[C@H](CN)COc1ccccc1.COC(=O)NCCO[C@@H](c1cccc(Cl)c1)[C@@H]1CCCN(C(=O)NC[C@@H](N)COc2ccccc2)C1.COC(=O)NCCO[C@@H](c1cccc(Cl)c1)[C@@H]1CCCN(C(=O)NC[C@H](COc2ccccc2)NC(=O)OC(C)(C)C)C1.COC(=O)NCCO[C@@H](c1cccc(Cl)c1)[C@@H]1CCCNC1.[2H]CI. The standard InChI is InChI=1S/C31H43ClN4O7.C26H35ClN4O5.C16H23ClN2O3.C14H22N2O3.CH3I/c1-31(2,3)43-30(39)35-25(21-42-26-13-6-5-7-14-26)19-34-28(37)36-16-9-11-23(20-36)27(22-10-8-12-24(32)18-22)41-17-15-33-29(38)40-4;1-34-26(33)29-12-14-35-24(19-7-5-9-21(27)15-19)20-8-6-13-31(17-20)25(32)30-16-22(28)18-36-23-10-3-2-4-11-23;1-21-16(20)19-8-9-22-15(13-5-3-7-18-11-13)12-4-2-6-14(17)10-12;1-14(2,3)19-13(17)16-11(9-15)10-18-12-7-5-4-6-8-12;1-2/h5-8,10,12-14,18,23,25,27H,9,11,15-17,19-21H2,1-4H3,(H,33,38)(H,34,37)(H,35,39);2-5,7,9-11,15,20,22,24H,6,8,12-14,16-18,28H2,1H3,(H,29,33)(H,30,32);2,4,6,10,13,15,18H,3,5,7-9,11H2,1H3,(H,19,20);4-8,11H,9-10,15H2,1-3H3,(H,16,17);1H3/t23-,25-,27+;20-,22-,24+;13-,15+;11-;/m1111./s1/i;;;;1D. The fourth-order valence-electron chi connectivity index (χ4n) is 12.9. The molecule has 6 aromatic carbocycles. The van der Waals surface area contributed by atoms with E-state index in [1.165, 1.54) is 21.3 Å². The Hall–Kier alpha value is -9.03. The average molecular weight is 1870 g/mol. The number of nitrogens with zero attached hydrogens (tertiary/aromatic N) is 2. The van der Waals surface area contributed by atoms with E-state index in [0.717, 1.165) is 79.8 Å². The third kappa shape index (κ3) is 42.9. The number of carbonyl (C=O) groups is 7. The van der Waals surface area contributed by atoms with Crippen LogP contribution < -0.4 is 68.2 Å². The first kappa shape index (κ1) is 102. The van der Waals surface area contributed by atoms with Crippen LogP contribution in [0.4, 0.5) is 33.6 Å². The van der Waals surface area contributed by atoms with Gasteiger partial charge in [-0.25, -0.2) is 33.6 Å². The highest BCUT2D eigenvalue weighted by Gasteiger charge is 2.35. The number of ether oxygens (including phenoxy) is 11. The summed E-state index contributed by atoms with van der Waals surface area (Å²) in [5.74, 6) is 2.60. The van der Waals surface area contributed by atoms with Gasteiger partial charge in [0.25, 0.3) is 0 Å². The van der Waals surface area contributed by atoms with Crippen LogP contribution in [0.1, 0.15) is 116 Å². The lowest BCUT2D eigenvalue weighted by atomic mass is 9.88. The molecule has 9 amide bonds. The van der Waals surface area contributed by atoms with Gasteiger partial charge in [-0.1, -0.05) is 148 Å². The minimum atomic E-state index is -0.669. The van der Waals surface area contributed by atoms with E-state index in [-0.39, 0.29) is 87.1 Å². The van der Waals surface area contributed by atoms with Crippen molar-refractivity contribution in [2.45, 2.75) is 128 Å². The molecule has 3 aliphatic rings. The molecular formula is C88H126Cl3IN12O18. The smallest absolute Gasteiger partial charge is 0.408 e. The van der Waals surface area contributed by atoms with Crippen molar-refractivity contribution in [3.8, 4) is 17.2 Å². The molecule has 0 radical (unpaired) electrons. The fourth-order valence-corrected chi connectivity index (χ4v) is 13.5. The van der Waals surface area contributed by atoms with E-state index in [1.807, 2.05) is 201 Å². The summed E-state index contributed by atoms with van der Waals surface area (Å²) >= 11 is 20.6. The third-order valence-corrected chi connectivity index (χ3v) is 19.2. The number of piperidine rings is 3. The van der Waals surface area contributed by atoms with E-state index in [0.29, 0.717) is 104 Å². The maximum absolute atomic E-state index is 13.3. The first-order valence-electron chi connectivity index (χ1n) is 41.4. The van der Waals surface area contributed by atoms with E-state index < -0.39 is 47.7 Å². The lowest BCUT2D eigenvalue weighted by molar-refractivity contribution is -0.00856. The number of carbonyl (C=O) groups excluding carboxylic acids is 7. The predicted octanol–water partition coefficient (Wildman–Crippen LogP) is 14.5. The molecule has 0 aromatic heterocycles. The highest BCUT2D eigenvalue weighted by molar-refractivity contribution is 14.1. The van der Waals surface area contributed by atoms with E-state index in [4.69, 9.17) is 85.5 Å². The van der Waals surface area contributed by atoms with Crippen molar-refractivity contribution >= 4 is 99.9 Å². The van der Waals surface area contributed by atoms with Gasteiger partial charge in [-0.3, -0.25) is 0 Å². The molecular weight excluding hydrogens is 1750 g/mol. The van der Waals surface area contributed by atoms with E-state index in [2.05, 4.69) is 56.7 Å². The van der Waals surface area contributed by atoms with Gasteiger partial charge < -0.3 is 116 Å². The van der Waals surface area contributed by atoms with Crippen LogP contribution in [-0.4, -0.2) is 226 Å². The maximum Gasteiger partial charge on any atom is 0.408 e. The van der Waals surface area contributed by atoms with Gasteiger partial charge in [-0.15, -0.1) is 0 Å². The lowest BCUT2D eigenvalue weighted by Crippen LogP contribution is -2.52. The number of alkyl carbamates (subject to hydrolysis) is 5. The molecule has 12 N–H and O–H groups in total. The second kappa shape index (κ2) is 58.2. The third-order valence-electron chi connectivity index (χ3n) is 18.5. The molecule has 122 heavy (non-hydrogen) atoms. The maximum atomic E-state index is 13.3. The van der Waals surface area contributed by atoms with E-state index in [1.54, 1.807) is 36.6 Å². The molecule has 0 spiro atoms. The number of rotatable bonds is 34. The Morgan fingerprint density at radius 3 is 1.19 bits per heavy atom. The number of urea groups is 2. The van der Waals surface area contributed by atoms with Gasteiger partial charge in [0.05, 0.1) is 77.6 Å². The first-order valence-corrected chi connectivity index (χ1v) is 43.3. The fraction of sp³-hybridized carbons (Fsp3) is 0.511. The van der Waals surface area contributed by atoms with Crippen LogP contribution >= 0.6 is 57.4 Å². The largest absolute Gasteiger partial charge is 0.492 e. The van der Waals surface area contributed by atoms with Crippen molar-refractivity contribution in [3.63, 3.8) is 0 Å². The van der Waals surface area contributed by atoms with Crippen molar-refractivity contribution in [1.82, 2.24) is 52.3 Å². The predicted molar refractivity (Wildman–Crippen MR) is 482 cm³/mol. The summed E-state index contributed by atoms with van der Waals surface area (Å²) in [4.78, 5) is 88.2. The van der Waals surface area contributed by atoms with Gasteiger partial charge in [0.1, 0.15) is 48.3 Å². The van der Waals surface area contributed by atoms with Gasteiger partial charge in [0.2, 0.25) is 0 Å². The van der Waals surface area contributed by atoms with Crippen LogP contribution in [0, 0.1) is 17.8 Å². The monoisotopic (exact) mass is 1870 g/mol. The van der Waals surface area contributed by atoms with E-state index >= 15 is 0 Å². The van der Waals surface area contributed by atoms with Crippen LogP contribution in [0.5, 0.6) is 17.2 Å². The second-order valence-electron chi connectivity index (χ2n) is 30.5. The molecule has 674 valence electrons. The number of para-hydroxylation sites is 3. The number of hydrogen-bond donors (Lipinski definition) is 10. The number of alkyl halides is 1. The number of methoxy groups -OCH3 is 3. The zero-order chi connectivity index (χ0) is 89.8. The number of benzene rings is 6. The summed E-state index contributed by atoms with van der Waals surface area (Å²) in [5.41, 5.74) is 13.5. The number of halogens is 4. The molecule has 6 aromatic rings. The Morgan fingerprint density at radius 2 is 0.836 bits per heavy atom. The number of nitrogens with one attached hydrogen (secondary N) is 8. The lowest BCUT2D eigenvalue weighted by Gasteiger charge is -2.37. The Morgan fingerprint density at radius 1 is 0.484 bits per heavy atom. The highest BCUT2D eigenvalue weighted by atomic mass is 127.